The number of ether oxygens (including phenoxy) is 3. The van der Waals surface area contributed by atoms with Gasteiger partial charge in [0.25, 0.3) is 5.91 Å². The van der Waals surface area contributed by atoms with Crippen molar-refractivity contribution < 1.29 is 28.2 Å². The number of hydrogen-bond donors (Lipinski definition) is 2. The van der Waals surface area contributed by atoms with Crippen LogP contribution in [0.4, 0.5) is 15.0 Å². The summed E-state index contributed by atoms with van der Waals surface area (Å²) in [6, 6.07) is 8.34. The van der Waals surface area contributed by atoms with Crippen LogP contribution in [0.2, 0.25) is 0 Å². The molecule has 0 spiro atoms. The molecule has 1 saturated heterocycles. The van der Waals surface area contributed by atoms with E-state index in [0.29, 0.717) is 60.9 Å². The van der Waals surface area contributed by atoms with Crippen molar-refractivity contribution in [1.29, 1.82) is 0 Å². The minimum Gasteiger partial charge on any atom is -0.497 e. The minimum atomic E-state index is -0.524. The number of amides is 2. The SMILES string of the molecule is COc1cc(F)c2nccc([C@@H]3CN(CCCNCc4ccc5c(n4)NC(=O)CO5)C(=O)O3)c2c1. The molecule has 0 radical (unpaired) electrons. The fourth-order valence-corrected chi connectivity index (χ4v) is 4.17. The van der Waals surface area contributed by atoms with Crippen molar-refractivity contribution in [1.82, 2.24) is 20.2 Å². The number of nitrogens with one attached hydrogen (secondary N) is 2. The highest BCUT2D eigenvalue weighted by Gasteiger charge is 2.33. The van der Waals surface area contributed by atoms with E-state index >= 15 is 0 Å². The summed E-state index contributed by atoms with van der Waals surface area (Å²) in [5, 5.41) is 6.54. The third kappa shape index (κ3) is 4.80. The summed E-state index contributed by atoms with van der Waals surface area (Å²) in [5.74, 6) is 0.637. The maximum absolute atomic E-state index is 14.4. The van der Waals surface area contributed by atoms with Crippen molar-refractivity contribution in [3.05, 3.63) is 53.6 Å². The highest BCUT2D eigenvalue weighted by atomic mass is 19.1. The molecule has 1 aromatic carbocycles. The van der Waals surface area contributed by atoms with Crippen molar-refractivity contribution in [3.8, 4) is 11.5 Å². The van der Waals surface area contributed by atoms with Crippen molar-refractivity contribution in [3.63, 3.8) is 0 Å². The van der Waals surface area contributed by atoms with Crippen molar-refractivity contribution in [2.24, 2.45) is 0 Å². The quantitative estimate of drug-likeness (QED) is 0.472. The first-order chi connectivity index (χ1) is 17.0. The molecule has 5 rings (SSSR count). The van der Waals surface area contributed by atoms with Crippen LogP contribution in [0.3, 0.4) is 0 Å². The number of nitrogens with zero attached hydrogens (tertiary/aromatic N) is 3. The molecule has 2 N–H and O–H groups in total. The van der Waals surface area contributed by atoms with Crippen molar-refractivity contribution in [2.75, 3.05) is 38.7 Å². The summed E-state index contributed by atoms with van der Waals surface area (Å²) < 4.78 is 30.5. The molecule has 2 aromatic heterocycles. The first-order valence-corrected chi connectivity index (χ1v) is 11.2. The third-order valence-corrected chi connectivity index (χ3v) is 5.90. The van der Waals surface area contributed by atoms with E-state index in [1.807, 2.05) is 6.07 Å². The van der Waals surface area contributed by atoms with Gasteiger partial charge in [-0.3, -0.25) is 9.78 Å². The summed E-state index contributed by atoms with van der Waals surface area (Å²) in [7, 11) is 1.47. The molecule has 3 aromatic rings. The molecule has 35 heavy (non-hydrogen) atoms. The highest BCUT2D eigenvalue weighted by molar-refractivity contribution is 5.94. The van der Waals surface area contributed by atoms with Gasteiger partial charge in [0, 0.05) is 36.3 Å². The monoisotopic (exact) mass is 481 g/mol. The Hall–Kier alpha value is -3.99. The van der Waals surface area contributed by atoms with Crippen molar-refractivity contribution >= 4 is 28.7 Å². The van der Waals surface area contributed by atoms with Gasteiger partial charge in [0.2, 0.25) is 0 Å². The number of carbonyl (C=O) groups excluding carboxylic acids is 2. The molecule has 1 atom stereocenters. The summed E-state index contributed by atoms with van der Waals surface area (Å²) in [6.07, 6.45) is 1.28. The molecule has 2 aliphatic rings. The number of methoxy groups -OCH3 is 1. The molecule has 2 aliphatic heterocycles. The predicted molar refractivity (Wildman–Crippen MR) is 124 cm³/mol. The number of aromatic nitrogens is 2. The van der Waals surface area contributed by atoms with E-state index in [-0.39, 0.29) is 18.0 Å². The first kappa shape index (κ1) is 22.8. The molecule has 2 amide bonds. The number of rotatable bonds is 8. The number of fused-ring (bicyclic) bond motifs is 2. The normalized spacial score (nSPS) is 17.1. The Morgan fingerprint density at radius 1 is 1.29 bits per heavy atom. The number of benzene rings is 1. The number of hydrogen-bond acceptors (Lipinski definition) is 8. The fraction of sp³-hybridized carbons (Fsp3) is 0.333. The van der Waals surface area contributed by atoms with Gasteiger partial charge in [-0.15, -0.1) is 0 Å². The van der Waals surface area contributed by atoms with E-state index in [1.165, 1.54) is 19.4 Å². The van der Waals surface area contributed by atoms with E-state index in [4.69, 9.17) is 14.2 Å². The molecule has 0 saturated carbocycles. The van der Waals surface area contributed by atoms with Crippen LogP contribution in [0.1, 0.15) is 23.8 Å². The molecule has 10 nitrogen and oxygen atoms in total. The van der Waals surface area contributed by atoms with Gasteiger partial charge in [0.15, 0.2) is 24.0 Å². The molecule has 4 heterocycles. The summed E-state index contributed by atoms with van der Waals surface area (Å²) >= 11 is 0. The van der Waals surface area contributed by atoms with Gasteiger partial charge in [0.1, 0.15) is 17.4 Å². The zero-order valence-electron chi connectivity index (χ0n) is 19.0. The van der Waals surface area contributed by atoms with Crippen LogP contribution in [0.15, 0.2) is 36.5 Å². The van der Waals surface area contributed by atoms with Crippen LogP contribution >= 0.6 is 0 Å². The number of anilines is 1. The lowest BCUT2D eigenvalue weighted by molar-refractivity contribution is -0.118. The molecular weight excluding hydrogens is 457 g/mol. The predicted octanol–water partition coefficient (Wildman–Crippen LogP) is 2.78. The standard InChI is InChI=1S/C24H24FN5O5/c1-33-15-9-17-16(5-7-27-22(17)18(25)10-15)20-12-30(24(32)35-20)8-2-6-26-11-14-3-4-19-23(28-14)29-21(31)13-34-19/h3-5,7,9-10,20,26H,2,6,8,11-13H2,1H3,(H,28,29,31)/t20-/m0/s1. The third-order valence-electron chi connectivity index (χ3n) is 5.90. The smallest absolute Gasteiger partial charge is 0.410 e. The molecular formula is C24H24FN5O5. The fourth-order valence-electron chi connectivity index (χ4n) is 4.17. The number of halogens is 1. The number of carbonyl (C=O) groups is 2. The average molecular weight is 481 g/mol. The Bertz CT molecular complexity index is 1290. The van der Waals surface area contributed by atoms with Crippen LogP contribution in [0, 0.1) is 5.82 Å². The lowest BCUT2D eigenvalue weighted by Crippen LogP contribution is -2.28. The van der Waals surface area contributed by atoms with Gasteiger partial charge in [0.05, 0.1) is 19.3 Å². The van der Waals surface area contributed by atoms with Gasteiger partial charge in [-0.25, -0.2) is 14.2 Å². The van der Waals surface area contributed by atoms with Crippen LogP contribution < -0.4 is 20.1 Å². The van der Waals surface area contributed by atoms with Crippen molar-refractivity contribution in [2.45, 2.75) is 19.1 Å². The van der Waals surface area contributed by atoms with E-state index < -0.39 is 18.0 Å². The van der Waals surface area contributed by atoms with E-state index in [2.05, 4.69) is 20.6 Å². The van der Waals surface area contributed by atoms with E-state index in [0.717, 1.165) is 5.69 Å². The van der Waals surface area contributed by atoms with Gasteiger partial charge < -0.3 is 29.7 Å². The molecule has 0 bridgehead atoms. The molecule has 182 valence electrons. The summed E-state index contributed by atoms with van der Waals surface area (Å²) in [6.45, 7) is 2.02. The van der Waals surface area contributed by atoms with Crippen LogP contribution in [-0.2, 0) is 16.1 Å². The van der Waals surface area contributed by atoms with Crippen LogP contribution in [0.5, 0.6) is 11.5 Å². The second-order valence-electron chi connectivity index (χ2n) is 8.24. The number of cyclic esters (lactones) is 1. The Morgan fingerprint density at radius 3 is 3.03 bits per heavy atom. The highest BCUT2D eigenvalue weighted by Crippen LogP contribution is 2.33. The second kappa shape index (κ2) is 9.71. The lowest BCUT2D eigenvalue weighted by Gasteiger charge is -2.17. The van der Waals surface area contributed by atoms with Gasteiger partial charge in [-0.1, -0.05) is 0 Å². The second-order valence-corrected chi connectivity index (χ2v) is 8.24. The van der Waals surface area contributed by atoms with Crippen LogP contribution in [0.25, 0.3) is 10.9 Å². The van der Waals surface area contributed by atoms with Gasteiger partial charge in [-0.05, 0) is 37.2 Å². The Kier molecular flexibility index (Phi) is 6.32. The molecule has 0 unspecified atom stereocenters. The zero-order valence-corrected chi connectivity index (χ0v) is 19.0. The number of pyridine rings is 2. The Labute approximate surface area is 200 Å². The molecule has 0 aliphatic carbocycles. The van der Waals surface area contributed by atoms with Crippen LogP contribution in [-0.4, -0.2) is 60.2 Å². The first-order valence-electron chi connectivity index (χ1n) is 11.2. The average Bonchev–Trinajstić information content (AvgIpc) is 3.23. The molecule has 1 fully saturated rings. The maximum Gasteiger partial charge on any atom is 0.410 e. The lowest BCUT2D eigenvalue weighted by atomic mass is 10.0. The summed E-state index contributed by atoms with van der Waals surface area (Å²) in [5.41, 5.74) is 1.67. The summed E-state index contributed by atoms with van der Waals surface area (Å²) in [4.78, 5) is 34.1. The van der Waals surface area contributed by atoms with E-state index in [1.54, 1.807) is 23.1 Å². The van der Waals surface area contributed by atoms with Gasteiger partial charge >= 0.3 is 6.09 Å². The van der Waals surface area contributed by atoms with Gasteiger partial charge in [-0.2, -0.15) is 0 Å². The zero-order chi connectivity index (χ0) is 24.4. The Morgan fingerprint density at radius 2 is 2.17 bits per heavy atom. The molecule has 11 heteroatoms. The Balaban J connectivity index is 1.15. The minimum absolute atomic E-state index is 0.00542. The maximum atomic E-state index is 14.4. The topological polar surface area (TPSA) is 115 Å². The largest absolute Gasteiger partial charge is 0.497 e. The van der Waals surface area contributed by atoms with E-state index in [9.17, 15) is 14.0 Å².